The second-order valence-electron chi connectivity index (χ2n) is 3.79. The zero-order valence-electron chi connectivity index (χ0n) is 8.75. The lowest BCUT2D eigenvalue weighted by molar-refractivity contribution is 0.243. The van der Waals surface area contributed by atoms with Crippen molar-refractivity contribution in [2.75, 3.05) is 32.7 Å². The van der Waals surface area contributed by atoms with Gasteiger partial charge in [0.25, 0.3) is 0 Å². The molecule has 1 aromatic heterocycles. The lowest BCUT2D eigenvalue weighted by Crippen LogP contribution is -2.44. The second-order valence-corrected chi connectivity index (χ2v) is 4.55. The lowest BCUT2D eigenvalue weighted by atomic mass is 10.2. The molecule has 0 aromatic carbocycles. The third-order valence-corrected chi connectivity index (χ3v) is 3.46. The Morgan fingerprint density at radius 2 is 2.20 bits per heavy atom. The van der Waals surface area contributed by atoms with Crippen LogP contribution < -0.4 is 5.32 Å². The molecule has 0 aliphatic carbocycles. The number of halogens is 1. The van der Waals surface area contributed by atoms with Crippen LogP contribution in [0.25, 0.3) is 0 Å². The van der Waals surface area contributed by atoms with E-state index in [0.29, 0.717) is 0 Å². The Labute approximate surface area is 99.0 Å². The van der Waals surface area contributed by atoms with Crippen molar-refractivity contribution < 1.29 is 0 Å². The largest absolute Gasteiger partial charge is 0.314 e. The number of pyridine rings is 1. The first-order chi connectivity index (χ1) is 7.36. The van der Waals surface area contributed by atoms with Gasteiger partial charge in [-0.25, -0.2) is 4.98 Å². The average molecular weight is 270 g/mol. The highest BCUT2D eigenvalue weighted by atomic mass is 79.9. The van der Waals surface area contributed by atoms with Gasteiger partial charge >= 0.3 is 0 Å². The Hall–Kier alpha value is -0.450. The van der Waals surface area contributed by atoms with E-state index in [9.17, 15) is 0 Å². The number of nitrogens with zero attached hydrogens (tertiary/aromatic N) is 2. The predicted molar refractivity (Wildman–Crippen MR) is 65.0 cm³/mol. The number of hydrogen-bond acceptors (Lipinski definition) is 3. The van der Waals surface area contributed by atoms with E-state index in [2.05, 4.69) is 37.2 Å². The van der Waals surface area contributed by atoms with Gasteiger partial charge in [0.05, 0.1) is 0 Å². The molecule has 4 heteroatoms. The summed E-state index contributed by atoms with van der Waals surface area (Å²) in [6, 6.07) is 4.14. The van der Waals surface area contributed by atoms with Crippen LogP contribution in [-0.2, 0) is 6.42 Å². The molecule has 0 radical (unpaired) electrons. The van der Waals surface area contributed by atoms with E-state index in [1.807, 2.05) is 12.3 Å². The van der Waals surface area contributed by atoms with Crippen molar-refractivity contribution >= 4 is 15.9 Å². The summed E-state index contributed by atoms with van der Waals surface area (Å²) in [5, 5.41) is 3.36. The van der Waals surface area contributed by atoms with Gasteiger partial charge in [-0.2, -0.15) is 0 Å². The minimum atomic E-state index is 0.986. The van der Waals surface area contributed by atoms with Crippen LogP contribution in [0.2, 0.25) is 0 Å². The monoisotopic (exact) mass is 269 g/mol. The van der Waals surface area contributed by atoms with E-state index < -0.39 is 0 Å². The summed E-state index contributed by atoms with van der Waals surface area (Å²) in [5.74, 6) is 0. The van der Waals surface area contributed by atoms with Crippen LogP contribution in [-0.4, -0.2) is 42.6 Å². The minimum absolute atomic E-state index is 0.986. The molecule has 1 saturated heterocycles. The maximum absolute atomic E-state index is 4.23. The first-order valence-electron chi connectivity index (χ1n) is 5.39. The van der Waals surface area contributed by atoms with Gasteiger partial charge in [-0.05, 0) is 34.0 Å². The van der Waals surface area contributed by atoms with E-state index in [1.54, 1.807) is 0 Å². The number of hydrogen-bond donors (Lipinski definition) is 1. The zero-order valence-corrected chi connectivity index (χ0v) is 10.3. The Bertz CT molecular complexity index is 310. The van der Waals surface area contributed by atoms with Gasteiger partial charge in [-0.15, -0.1) is 0 Å². The molecule has 15 heavy (non-hydrogen) atoms. The normalized spacial score (nSPS) is 17.9. The van der Waals surface area contributed by atoms with Crippen molar-refractivity contribution in [2.24, 2.45) is 0 Å². The third-order valence-electron chi connectivity index (χ3n) is 2.74. The van der Waals surface area contributed by atoms with E-state index >= 15 is 0 Å². The number of rotatable bonds is 3. The van der Waals surface area contributed by atoms with Gasteiger partial charge in [0, 0.05) is 38.9 Å². The fourth-order valence-electron chi connectivity index (χ4n) is 1.82. The van der Waals surface area contributed by atoms with E-state index in [1.165, 1.54) is 5.56 Å². The second kappa shape index (κ2) is 5.58. The smallest absolute Gasteiger partial charge is 0.109 e. The Morgan fingerprint density at radius 3 is 2.93 bits per heavy atom. The Morgan fingerprint density at radius 1 is 1.40 bits per heavy atom. The van der Waals surface area contributed by atoms with Gasteiger partial charge in [-0.1, -0.05) is 6.07 Å². The van der Waals surface area contributed by atoms with Gasteiger partial charge in [0.15, 0.2) is 0 Å². The van der Waals surface area contributed by atoms with Crippen LogP contribution in [0.1, 0.15) is 5.56 Å². The van der Waals surface area contributed by atoms with Gasteiger partial charge in [0.1, 0.15) is 4.60 Å². The summed E-state index contributed by atoms with van der Waals surface area (Å²) in [5.41, 5.74) is 1.30. The quantitative estimate of drug-likeness (QED) is 0.839. The van der Waals surface area contributed by atoms with Gasteiger partial charge < -0.3 is 10.2 Å². The van der Waals surface area contributed by atoms with Crippen LogP contribution in [0.3, 0.4) is 0 Å². The maximum atomic E-state index is 4.23. The molecule has 1 aromatic rings. The Kier molecular flexibility index (Phi) is 4.11. The standard InChI is InChI=1S/C11H16BrN3/c12-11-10(2-1-4-14-11)3-7-15-8-5-13-6-9-15/h1-2,4,13H,3,5-9H2. The zero-order chi connectivity index (χ0) is 10.5. The van der Waals surface area contributed by atoms with Crippen LogP contribution in [0, 0.1) is 0 Å². The highest BCUT2D eigenvalue weighted by Crippen LogP contribution is 2.13. The average Bonchev–Trinajstić information content (AvgIpc) is 2.29. The molecule has 1 aliphatic rings. The van der Waals surface area contributed by atoms with E-state index in [-0.39, 0.29) is 0 Å². The number of nitrogens with one attached hydrogen (secondary N) is 1. The van der Waals surface area contributed by atoms with Crippen molar-refractivity contribution in [2.45, 2.75) is 6.42 Å². The van der Waals surface area contributed by atoms with Crippen molar-refractivity contribution in [3.8, 4) is 0 Å². The molecule has 1 fully saturated rings. The predicted octanol–water partition coefficient (Wildman–Crippen LogP) is 1.29. The van der Waals surface area contributed by atoms with Crippen LogP contribution >= 0.6 is 15.9 Å². The van der Waals surface area contributed by atoms with Crippen LogP contribution in [0.4, 0.5) is 0 Å². The topological polar surface area (TPSA) is 28.2 Å². The molecule has 2 heterocycles. The third kappa shape index (κ3) is 3.26. The maximum Gasteiger partial charge on any atom is 0.109 e. The van der Waals surface area contributed by atoms with E-state index in [0.717, 1.165) is 43.7 Å². The molecule has 0 spiro atoms. The first kappa shape index (κ1) is 11.0. The molecule has 1 N–H and O–H groups in total. The Balaban J connectivity index is 1.84. The summed E-state index contributed by atoms with van der Waals surface area (Å²) in [7, 11) is 0. The molecule has 2 rings (SSSR count). The lowest BCUT2D eigenvalue weighted by Gasteiger charge is -2.27. The molecular weight excluding hydrogens is 254 g/mol. The molecule has 0 saturated carbocycles. The summed E-state index contributed by atoms with van der Waals surface area (Å²) in [6.45, 7) is 5.70. The van der Waals surface area contributed by atoms with E-state index in [4.69, 9.17) is 0 Å². The molecule has 0 amide bonds. The summed E-state index contributed by atoms with van der Waals surface area (Å²) >= 11 is 3.48. The van der Waals surface area contributed by atoms with Gasteiger partial charge in [0.2, 0.25) is 0 Å². The summed E-state index contributed by atoms with van der Waals surface area (Å²) in [4.78, 5) is 6.72. The highest BCUT2D eigenvalue weighted by molar-refractivity contribution is 9.10. The SMILES string of the molecule is Brc1ncccc1CCN1CCNCC1. The molecule has 1 aliphatic heterocycles. The fraction of sp³-hybridized carbons (Fsp3) is 0.545. The summed E-state index contributed by atoms with van der Waals surface area (Å²) in [6.07, 6.45) is 2.90. The fourth-order valence-corrected chi connectivity index (χ4v) is 2.27. The molecule has 0 bridgehead atoms. The van der Waals surface area contributed by atoms with Crippen molar-refractivity contribution in [1.29, 1.82) is 0 Å². The van der Waals surface area contributed by atoms with Crippen molar-refractivity contribution in [1.82, 2.24) is 15.2 Å². The minimum Gasteiger partial charge on any atom is -0.314 e. The molecule has 82 valence electrons. The molecular formula is C11H16BrN3. The number of piperazine rings is 1. The molecule has 0 atom stereocenters. The first-order valence-corrected chi connectivity index (χ1v) is 6.18. The van der Waals surface area contributed by atoms with Crippen LogP contribution in [0.15, 0.2) is 22.9 Å². The number of aromatic nitrogens is 1. The summed E-state index contributed by atoms with van der Waals surface area (Å²) < 4.78 is 0.986. The molecule has 0 unspecified atom stereocenters. The van der Waals surface area contributed by atoms with Crippen molar-refractivity contribution in [3.05, 3.63) is 28.5 Å². The molecule has 3 nitrogen and oxygen atoms in total. The van der Waals surface area contributed by atoms with Crippen molar-refractivity contribution in [3.63, 3.8) is 0 Å². The van der Waals surface area contributed by atoms with Crippen LogP contribution in [0.5, 0.6) is 0 Å². The van der Waals surface area contributed by atoms with Gasteiger partial charge in [-0.3, -0.25) is 0 Å². The highest BCUT2D eigenvalue weighted by Gasteiger charge is 2.09.